The van der Waals surface area contributed by atoms with E-state index in [1.807, 2.05) is 4.90 Å². The maximum Gasteiger partial charge on any atom is 0.246 e. The second kappa shape index (κ2) is 7.34. The van der Waals surface area contributed by atoms with E-state index in [1.54, 1.807) is 0 Å². The molecule has 1 saturated heterocycles. The van der Waals surface area contributed by atoms with Crippen molar-refractivity contribution in [1.29, 1.82) is 0 Å². The van der Waals surface area contributed by atoms with E-state index in [9.17, 15) is 4.79 Å². The molecule has 3 heteroatoms. The fourth-order valence-electron chi connectivity index (χ4n) is 3.83. The number of carbonyl (C=O) groups excluding carboxylic acids is 1. The minimum absolute atomic E-state index is 0.00442. The molecule has 1 amide bonds. The van der Waals surface area contributed by atoms with Crippen LogP contribution in [0.5, 0.6) is 0 Å². The van der Waals surface area contributed by atoms with E-state index in [1.165, 1.54) is 18.9 Å². The van der Waals surface area contributed by atoms with Crippen LogP contribution in [-0.4, -0.2) is 28.0 Å². The third-order valence-electron chi connectivity index (χ3n) is 4.45. The van der Waals surface area contributed by atoms with Gasteiger partial charge in [-0.15, -0.1) is 0 Å². The van der Waals surface area contributed by atoms with E-state index in [2.05, 4.69) is 47.8 Å². The number of hydrogen-bond donors (Lipinski definition) is 0. The van der Waals surface area contributed by atoms with E-state index >= 15 is 0 Å². The van der Waals surface area contributed by atoms with Crippen LogP contribution in [0.2, 0.25) is 0 Å². The van der Waals surface area contributed by atoms with Crippen molar-refractivity contribution in [3.8, 4) is 0 Å². The quantitative estimate of drug-likeness (QED) is 0.383. The smallest absolute Gasteiger partial charge is 0.246 e. The highest BCUT2D eigenvalue weighted by Crippen LogP contribution is 2.40. The average Bonchev–Trinajstić information content (AvgIpc) is 2.35. The lowest BCUT2D eigenvalue weighted by Crippen LogP contribution is -2.63. The fourth-order valence-corrected chi connectivity index (χ4v) is 3.83. The van der Waals surface area contributed by atoms with E-state index < -0.39 is 0 Å². The number of nitrogens with zero attached hydrogens (tertiary/aromatic N) is 1. The number of ether oxygens (including phenoxy) is 1. The number of amides is 1. The Morgan fingerprint density at radius 3 is 2.23 bits per heavy atom. The maximum atomic E-state index is 12.3. The molecule has 0 N–H and O–H groups in total. The first-order valence-corrected chi connectivity index (χ1v) is 8.45. The number of rotatable bonds is 7. The first kappa shape index (κ1) is 18.8. The summed E-state index contributed by atoms with van der Waals surface area (Å²) in [5, 5.41) is 0. The summed E-state index contributed by atoms with van der Waals surface area (Å²) in [6.45, 7) is 18.3. The molecule has 0 saturated carbocycles. The highest BCUT2D eigenvalue weighted by molar-refractivity contribution is 5.88. The average molecular weight is 307 g/mol. The number of likely N-dealkylation sites (tertiary alicyclic amines) is 1. The number of allylic oxidation sites excluding steroid dienone is 1. The largest absolute Gasteiger partial charge is 0.495 e. The van der Waals surface area contributed by atoms with Crippen LogP contribution >= 0.6 is 0 Å². The van der Waals surface area contributed by atoms with E-state index in [0.717, 1.165) is 31.4 Å². The first-order chi connectivity index (χ1) is 10.1. The molecular weight excluding hydrogens is 274 g/mol. The molecule has 3 nitrogen and oxygen atoms in total. The number of carbonyl (C=O) groups is 1. The van der Waals surface area contributed by atoms with Gasteiger partial charge in [-0.3, -0.25) is 4.79 Å². The normalized spacial score (nSPS) is 20.5. The molecule has 0 atom stereocenters. The second-order valence-corrected chi connectivity index (χ2v) is 7.65. The Balaban J connectivity index is 2.74. The predicted molar refractivity (Wildman–Crippen MR) is 92.6 cm³/mol. The number of unbranched alkanes of at least 4 members (excludes halogenated alkanes) is 2. The van der Waals surface area contributed by atoms with Gasteiger partial charge in [-0.25, -0.2) is 0 Å². The van der Waals surface area contributed by atoms with Crippen LogP contribution in [0.1, 0.15) is 73.1 Å². The first-order valence-electron chi connectivity index (χ1n) is 8.45. The third-order valence-corrected chi connectivity index (χ3v) is 4.45. The van der Waals surface area contributed by atoms with Gasteiger partial charge in [0.1, 0.15) is 6.10 Å². The van der Waals surface area contributed by atoms with Crippen LogP contribution < -0.4 is 0 Å². The molecule has 0 bridgehead atoms. The summed E-state index contributed by atoms with van der Waals surface area (Å²) >= 11 is 0. The zero-order valence-electron chi connectivity index (χ0n) is 15.1. The molecule has 126 valence electrons. The van der Waals surface area contributed by atoms with E-state index in [-0.39, 0.29) is 23.1 Å². The van der Waals surface area contributed by atoms with Gasteiger partial charge < -0.3 is 9.64 Å². The Bertz CT molecular complexity index is 405. The van der Waals surface area contributed by atoms with E-state index in [0.29, 0.717) is 0 Å². The molecule has 0 spiro atoms. The molecule has 1 fully saturated rings. The topological polar surface area (TPSA) is 29.5 Å². The van der Waals surface area contributed by atoms with Crippen molar-refractivity contribution in [2.45, 2.75) is 90.3 Å². The summed E-state index contributed by atoms with van der Waals surface area (Å²) in [7, 11) is 0. The van der Waals surface area contributed by atoms with Crippen LogP contribution in [-0.2, 0) is 9.53 Å². The van der Waals surface area contributed by atoms with Gasteiger partial charge in [-0.1, -0.05) is 32.9 Å². The standard InChI is InChI=1S/C19H33NO2/c1-8-10-11-12-15(3)22-16-13-18(4,5)20(17(21)9-2)19(6,7)14-16/h9,16H,2-3,8,10-14H2,1,4-7H3. The van der Waals surface area contributed by atoms with Crippen molar-refractivity contribution < 1.29 is 9.53 Å². The van der Waals surface area contributed by atoms with Crippen molar-refractivity contribution in [3.63, 3.8) is 0 Å². The Morgan fingerprint density at radius 1 is 1.23 bits per heavy atom. The van der Waals surface area contributed by atoms with Gasteiger partial charge in [-0.2, -0.15) is 0 Å². The molecule has 0 aliphatic carbocycles. The molecule has 1 rings (SSSR count). The summed E-state index contributed by atoms with van der Waals surface area (Å²) in [6.07, 6.45) is 7.66. The van der Waals surface area contributed by atoms with Gasteiger partial charge >= 0.3 is 0 Å². The number of hydrogen-bond acceptors (Lipinski definition) is 2. The van der Waals surface area contributed by atoms with Crippen LogP contribution in [0.15, 0.2) is 25.0 Å². The molecular formula is C19H33NO2. The Kier molecular flexibility index (Phi) is 6.27. The molecule has 1 heterocycles. The molecule has 1 aliphatic rings. The molecule has 0 aromatic carbocycles. The zero-order chi connectivity index (χ0) is 17.0. The summed E-state index contributed by atoms with van der Waals surface area (Å²) < 4.78 is 6.11. The Hall–Kier alpha value is -1.25. The lowest BCUT2D eigenvalue weighted by Gasteiger charge is -2.54. The molecule has 0 aromatic heterocycles. The minimum atomic E-state index is -0.249. The highest BCUT2D eigenvalue weighted by atomic mass is 16.5. The van der Waals surface area contributed by atoms with Gasteiger partial charge in [0.05, 0.1) is 5.76 Å². The highest BCUT2D eigenvalue weighted by Gasteiger charge is 2.47. The van der Waals surface area contributed by atoms with Crippen LogP contribution in [0, 0.1) is 0 Å². The lowest BCUT2D eigenvalue weighted by atomic mass is 9.78. The molecule has 1 aliphatic heterocycles. The van der Waals surface area contributed by atoms with Crippen molar-refractivity contribution in [2.24, 2.45) is 0 Å². The minimum Gasteiger partial charge on any atom is -0.495 e. The van der Waals surface area contributed by atoms with Crippen LogP contribution in [0.3, 0.4) is 0 Å². The van der Waals surface area contributed by atoms with Crippen molar-refractivity contribution in [2.75, 3.05) is 0 Å². The van der Waals surface area contributed by atoms with Gasteiger partial charge in [0.2, 0.25) is 5.91 Å². The fraction of sp³-hybridized carbons (Fsp3) is 0.737. The third kappa shape index (κ3) is 4.62. The monoisotopic (exact) mass is 307 g/mol. The molecule has 0 aromatic rings. The van der Waals surface area contributed by atoms with Crippen molar-refractivity contribution >= 4 is 5.91 Å². The molecule has 0 unspecified atom stereocenters. The SMILES string of the molecule is C=CC(=O)N1C(C)(C)CC(OC(=C)CCCCC)CC1(C)C. The van der Waals surface area contributed by atoms with Gasteiger partial charge in [0.15, 0.2) is 0 Å². The van der Waals surface area contributed by atoms with Gasteiger partial charge in [-0.05, 0) is 40.2 Å². The summed E-state index contributed by atoms with van der Waals surface area (Å²) in [4.78, 5) is 14.2. The van der Waals surface area contributed by atoms with Crippen molar-refractivity contribution in [1.82, 2.24) is 4.90 Å². The van der Waals surface area contributed by atoms with Crippen molar-refractivity contribution in [3.05, 3.63) is 25.0 Å². The number of piperidine rings is 1. The van der Waals surface area contributed by atoms with Crippen LogP contribution in [0.4, 0.5) is 0 Å². The van der Waals surface area contributed by atoms with Gasteiger partial charge in [0.25, 0.3) is 0 Å². The Labute approximate surface area is 136 Å². The predicted octanol–water partition coefficient (Wildman–Crippen LogP) is 4.83. The van der Waals surface area contributed by atoms with E-state index in [4.69, 9.17) is 4.74 Å². The molecule has 22 heavy (non-hydrogen) atoms. The maximum absolute atomic E-state index is 12.3. The zero-order valence-corrected chi connectivity index (χ0v) is 15.1. The Morgan fingerprint density at radius 2 is 1.77 bits per heavy atom. The summed E-state index contributed by atoms with van der Waals surface area (Å²) in [5.41, 5.74) is -0.497. The second-order valence-electron chi connectivity index (χ2n) is 7.65. The van der Waals surface area contributed by atoms with Gasteiger partial charge in [0, 0.05) is 30.3 Å². The summed E-state index contributed by atoms with van der Waals surface area (Å²) in [6, 6.07) is 0. The van der Waals surface area contributed by atoms with Crippen LogP contribution in [0.25, 0.3) is 0 Å². The lowest BCUT2D eigenvalue weighted by molar-refractivity contribution is -0.150. The molecule has 0 radical (unpaired) electrons. The summed E-state index contributed by atoms with van der Waals surface area (Å²) in [5.74, 6) is 0.878.